The van der Waals surface area contributed by atoms with Gasteiger partial charge in [0.15, 0.2) is 0 Å². The molecule has 1 N–H and O–H groups in total. The van der Waals surface area contributed by atoms with Crippen LogP contribution in [0.5, 0.6) is 0 Å². The molecule has 2 nitrogen and oxygen atoms in total. The Morgan fingerprint density at radius 2 is 2.55 bits per heavy atom. The second-order valence-electron chi connectivity index (χ2n) is 3.09. The molecule has 2 heteroatoms. The third kappa shape index (κ3) is 1.07. The molecular weight excluding hydrogens is 140 g/mol. The molecule has 0 aromatic rings. The van der Waals surface area contributed by atoms with E-state index < -0.39 is 0 Å². The number of rotatable bonds is 1. The van der Waals surface area contributed by atoms with E-state index in [1.807, 2.05) is 12.2 Å². The van der Waals surface area contributed by atoms with Crippen LogP contribution in [-0.2, 0) is 4.74 Å². The summed E-state index contributed by atoms with van der Waals surface area (Å²) in [5.41, 5.74) is 0. The molecule has 0 saturated carbocycles. The lowest BCUT2D eigenvalue weighted by molar-refractivity contribution is 0.177. The van der Waals surface area contributed by atoms with Gasteiger partial charge >= 0.3 is 0 Å². The molecule has 0 spiro atoms. The highest BCUT2D eigenvalue weighted by Crippen LogP contribution is 2.34. The predicted octanol–water partition coefficient (Wildman–Crippen LogP) is 1.09. The summed E-state index contributed by atoms with van der Waals surface area (Å²) in [6, 6.07) is 0. The van der Waals surface area contributed by atoms with Crippen LogP contribution >= 0.6 is 0 Å². The summed E-state index contributed by atoms with van der Waals surface area (Å²) < 4.78 is 5.41. The van der Waals surface area contributed by atoms with Crippen LogP contribution in [0.4, 0.5) is 0 Å². The van der Waals surface area contributed by atoms with Crippen LogP contribution in [0.25, 0.3) is 0 Å². The Hall–Kier alpha value is -0.760. The summed E-state index contributed by atoms with van der Waals surface area (Å²) in [6.45, 7) is 0.935. The van der Waals surface area contributed by atoms with Gasteiger partial charge in [-0.2, -0.15) is 0 Å². The van der Waals surface area contributed by atoms with Gasteiger partial charge in [-0.15, -0.1) is 0 Å². The number of ether oxygens (including phenoxy) is 1. The van der Waals surface area contributed by atoms with Crippen molar-refractivity contribution in [3.63, 3.8) is 0 Å². The third-order valence-electron chi connectivity index (χ3n) is 2.42. The molecule has 0 bridgehead atoms. The van der Waals surface area contributed by atoms with E-state index in [1.165, 1.54) is 0 Å². The maximum absolute atomic E-state index is 8.97. The minimum Gasteiger partial charge on any atom is -0.497 e. The smallest absolute Gasteiger partial charge is 0.0998 e. The lowest BCUT2D eigenvalue weighted by Gasteiger charge is -2.14. The van der Waals surface area contributed by atoms with Crippen LogP contribution in [0.2, 0.25) is 0 Å². The zero-order valence-corrected chi connectivity index (χ0v) is 6.36. The first-order chi connectivity index (χ1) is 5.42. The molecular formula is C9H12O2. The van der Waals surface area contributed by atoms with Crippen LogP contribution in [0, 0.1) is 11.8 Å². The van der Waals surface area contributed by atoms with Crippen molar-refractivity contribution in [2.45, 2.75) is 6.42 Å². The van der Waals surface area contributed by atoms with Crippen molar-refractivity contribution in [1.82, 2.24) is 0 Å². The van der Waals surface area contributed by atoms with Gasteiger partial charge in [-0.05, 0) is 12.5 Å². The average Bonchev–Trinajstić information content (AvgIpc) is 2.47. The number of fused-ring (bicyclic) bond motifs is 1. The van der Waals surface area contributed by atoms with E-state index in [2.05, 4.69) is 6.08 Å². The van der Waals surface area contributed by atoms with Crippen LogP contribution in [0.1, 0.15) is 6.42 Å². The SMILES string of the molecule is OC[C@@H]1COC2=CC=CCC21. The second kappa shape index (κ2) is 2.70. The van der Waals surface area contributed by atoms with E-state index in [1.54, 1.807) is 0 Å². The molecule has 1 fully saturated rings. The zero-order valence-electron chi connectivity index (χ0n) is 6.36. The van der Waals surface area contributed by atoms with Crippen molar-refractivity contribution < 1.29 is 9.84 Å². The first-order valence-corrected chi connectivity index (χ1v) is 4.02. The second-order valence-corrected chi connectivity index (χ2v) is 3.09. The van der Waals surface area contributed by atoms with Crippen LogP contribution in [-0.4, -0.2) is 18.3 Å². The summed E-state index contributed by atoms with van der Waals surface area (Å²) in [7, 11) is 0. The Morgan fingerprint density at radius 1 is 1.64 bits per heavy atom. The van der Waals surface area contributed by atoms with Gasteiger partial charge in [0, 0.05) is 18.4 Å². The van der Waals surface area contributed by atoms with Crippen molar-refractivity contribution in [2.24, 2.45) is 11.8 Å². The molecule has 0 amide bonds. The van der Waals surface area contributed by atoms with Gasteiger partial charge in [-0.25, -0.2) is 0 Å². The average molecular weight is 152 g/mol. The number of hydrogen-bond donors (Lipinski definition) is 1. The van der Waals surface area contributed by atoms with Crippen LogP contribution in [0.3, 0.4) is 0 Å². The Morgan fingerprint density at radius 3 is 3.36 bits per heavy atom. The fourth-order valence-corrected chi connectivity index (χ4v) is 1.71. The molecule has 2 aliphatic rings. The molecule has 0 aromatic carbocycles. The lowest BCUT2D eigenvalue weighted by atomic mass is 9.89. The molecule has 0 aromatic heterocycles. The van der Waals surface area contributed by atoms with E-state index >= 15 is 0 Å². The maximum atomic E-state index is 8.97. The maximum Gasteiger partial charge on any atom is 0.0998 e. The van der Waals surface area contributed by atoms with E-state index in [0.717, 1.165) is 12.2 Å². The van der Waals surface area contributed by atoms with E-state index in [-0.39, 0.29) is 6.61 Å². The van der Waals surface area contributed by atoms with Crippen molar-refractivity contribution in [3.05, 3.63) is 24.0 Å². The topological polar surface area (TPSA) is 29.5 Å². The third-order valence-corrected chi connectivity index (χ3v) is 2.42. The highest BCUT2D eigenvalue weighted by molar-refractivity contribution is 5.19. The highest BCUT2D eigenvalue weighted by atomic mass is 16.5. The van der Waals surface area contributed by atoms with Gasteiger partial charge in [0.2, 0.25) is 0 Å². The Bertz CT molecular complexity index is 206. The molecule has 2 rings (SSSR count). The summed E-state index contributed by atoms with van der Waals surface area (Å²) in [5.74, 6) is 1.84. The lowest BCUT2D eigenvalue weighted by Crippen LogP contribution is -2.15. The summed E-state index contributed by atoms with van der Waals surface area (Å²) >= 11 is 0. The first kappa shape index (κ1) is 6.92. The van der Waals surface area contributed by atoms with Crippen molar-refractivity contribution in [2.75, 3.05) is 13.2 Å². The normalized spacial score (nSPS) is 34.5. The van der Waals surface area contributed by atoms with E-state index in [4.69, 9.17) is 9.84 Å². The van der Waals surface area contributed by atoms with Gasteiger partial charge < -0.3 is 9.84 Å². The molecule has 11 heavy (non-hydrogen) atoms. The fraction of sp³-hybridized carbons (Fsp3) is 0.556. The number of allylic oxidation sites excluding steroid dienone is 4. The molecule has 1 aliphatic heterocycles. The summed E-state index contributed by atoms with van der Waals surface area (Å²) in [4.78, 5) is 0. The van der Waals surface area contributed by atoms with E-state index in [9.17, 15) is 0 Å². The standard InChI is InChI=1S/C9H12O2/c10-5-7-6-11-9-4-2-1-3-8(7)9/h1-2,4,7-8,10H,3,5-6H2/t7-,8?/m1/s1. The van der Waals surface area contributed by atoms with Gasteiger partial charge in [-0.1, -0.05) is 12.2 Å². The minimum absolute atomic E-state index is 0.246. The molecule has 1 unspecified atom stereocenters. The van der Waals surface area contributed by atoms with Crippen LogP contribution in [0.15, 0.2) is 24.0 Å². The van der Waals surface area contributed by atoms with Crippen molar-refractivity contribution in [3.8, 4) is 0 Å². The van der Waals surface area contributed by atoms with Gasteiger partial charge in [0.05, 0.1) is 12.4 Å². The zero-order chi connectivity index (χ0) is 7.68. The molecule has 1 aliphatic carbocycles. The highest BCUT2D eigenvalue weighted by Gasteiger charge is 2.32. The largest absolute Gasteiger partial charge is 0.497 e. The number of hydrogen-bond acceptors (Lipinski definition) is 2. The fourth-order valence-electron chi connectivity index (χ4n) is 1.71. The summed E-state index contributed by atoms with van der Waals surface area (Å²) in [5, 5.41) is 8.97. The van der Waals surface area contributed by atoms with Crippen LogP contribution < -0.4 is 0 Å². The molecule has 1 saturated heterocycles. The quantitative estimate of drug-likeness (QED) is 0.609. The molecule has 60 valence electrons. The number of aliphatic hydroxyl groups is 1. The molecule has 2 atom stereocenters. The van der Waals surface area contributed by atoms with Gasteiger partial charge in [0.1, 0.15) is 0 Å². The Kier molecular flexibility index (Phi) is 1.70. The Labute approximate surface area is 66.2 Å². The number of aliphatic hydroxyl groups excluding tert-OH is 1. The first-order valence-electron chi connectivity index (χ1n) is 4.02. The molecule has 1 heterocycles. The minimum atomic E-state index is 0.246. The molecule has 0 radical (unpaired) electrons. The Balaban J connectivity index is 2.15. The van der Waals surface area contributed by atoms with Gasteiger partial charge in [-0.3, -0.25) is 0 Å². The predicted molar refractivity (Wildman–Crippen MR) is 41.9 cm³/mol. The van der Waals surface area contributed by atoms with E-state index in [0.29, 0.717) is 18.4 Å². The summed E-state index contributed by atoms with van der Waals surface area (Å²) in [6.07, 6.45) is 7.18. The van der Waals surface area contributed by atoms with Crippen molar-refractivity contribution in [1.29, 1.82) is 0 Å². The monoisotopic (exact) mass is 152 g/mol. The van der Waals surface area contributed by atoms with Gasteiger partial charge in [0.25, 0.3) is 0 Å². The van der Waals surface area contributed by atoms with Crippen molar-refractivity contribution >= 4 is 0 Å².